The molecule has 4 aromatic rings. The second-order valence-corrected chi connectivity index (χ2v) is 18.8. The smallest absolute Gasteiger partial charge is 0.305 e. The molecule has 0 unspecified atom stereocenters. The minimum absolute atomic E-state index is 0.142. The van der Waals surface area contributed by atoms with Crippen molar-refractivity contribution < 1.29 is 33.2 Å². The molecule has 2 aliphatic carbocycles. The van der Waals surface area contributed by atoms with Crippen molar-refractivity contribution in [1.29, 1.82) is 0 Å². The summed E-state index contributed by atoms with van der Waals surface area (Å²) in [5.74, 6) is 1.41. The molecule has 0 spiro atoms. The summed E-state index contributed by atoms with van der Waals surface area (Å²) in [5.41, 5.74) is 10.5. The fraction of sp³-hybridized carbons (Fsp3) is 0.545. The number of ether oxygens (including phenoxy) is 6. The third-order valence-electron chi connectivity index (χ3n) is 14.6. The van der Waals surface area contributed by atoms with Crippen LogP contribution in [-0.2, 0) is 34.6 Å². The lowest BCUT2D eigenvalue weighted by molar-refractivity contribution is -0.140. The number of rotatable bonds is 10. The third kappa shape index (κ3) is 13.0. The molecule has 1 heterocycles. The Kier molecular flexibility index (Phi) is 19.6. The van der Waals surface area contributed by atoms with Crippen LogP contribution in [0.2, 0.25) is 0 Å². The van der Waals surface area contributed by atoms with E-state index in [4.69, 9.17) is 28.4 Å². The van der Waals surface area contributed by atoms with Crippen molar-refractivity contribution >= 4 is 5.97 Å². The average molecular weight is 896 g/mol. The lowest BCUT2D eigenvalue weighted by Crippen LogP contribution is -2.65. The van der Waals surface area contributed by atoms with Gasteiger partial charge < -0.3 is 28.4 Å². The molecule has 0 atom stereocenters. The predicted octanol–water partition coefficient (Wildman–Crippen LogP) is 10.6. The number of aryl methyl sites for hydroxylation is 2. The molecule has 10 nitrogen and oxygen atoms in total. The molecule has 1 saturated carbocycles. The average Bonchev–Trinajstić information content (AvgIpc) is 3.55. The molecule has 2 fully saturated rings. The first-order valence-corrected chi connectivity index (χ1v) is 23.1. The highest BCUT2D eigenvalue weighted by Crippen LogP contribution is 2.49. The fourth-order valence-corrected chi connectivity index (χ4v) is 9.34. The summed E-state index contributed by atoms with van der Waals surface area (Å²) in [5, 5.41) is 0. The number of methoxy groups -OCH3 is 6. The Morgan fingerprint density at radius 2 is 0.923 bits per heavy atom. The number of esters is 1. The molecule has 0 bridgehead atoms. The Hall–Kier alpha value is -4.29. The van der Waals surface area contributed by atoms with Gasteiger partial charge in [-0.25, -0.2) is 0 Å². The summed E-state index contributed by atoms with van der Waals surface area (Å²) < 4.78 is 31.2. The Morgan fingerprint density at radius 1 is 0.585 bits per heavy atom. The molecule has 7 rings (SSSR count). The van der Waals surface area contributed by atoms with Crippen LogP contribution < -0.4 is 9.47 Å². The van der Waals surface area contributed by atoms with Gasteiger partial charge in [-0.15, -0.1) is 0 Å². The Balaban J connectivity index is 0.000000198. The zero-order chi connectivity index (χ0) is 48.2. The molecule has 0 amide bonds. The topological polar surface area (TPSA) is 82.2 Å². The van der Waals surface area contributed by atoms with Crippen LogP contribution in [0.1, 0.15) is 107 Å². The van der Waals surface area contributed by atoms with Crippen LogP contribution >= 0.6 is 0 Å². The van der Waals surface area contributed by atoms with Gasteiger partial charge in [-0.3, -0.25) is 19.5 Å². The minimum Gasteiger partial charge on any atom is -0.497 e. The lowest BCUT2D eigenvalue weighted by Gasteiger charge is -2.51. The van der Waals surface area contributed by atoms with Crippen LogP contribution in [0.5, 0.6) is 11.5 Å². The Labute approximate surface area is 392 Å². The highest BCUT2D eigenvalue weighted by atomic mass is 16.5. The lowest BCUT2D eigenvalue weighted by atomic mass is 9.73. The van der Waals surface area contributed by atoms with Gasteiger partial charge in [0.1, 0.15) is 11.5 Å². The van der Waals surface area contributed by atoms with Crippen LogP contribution in [0.25, 0.3) is 11.1 Å². The SMILES string of the molecule is CC1N(C)C(C)N(C)C(C)N1C.COC(=O)CCC(C)(c1ccc(OC)cc1)c1ccc(OC)cc1.COC1CC(OC)CC(OC)C1.Cc1ccc2c(c1)C(C)(C)c1cc(C)ccc1-2. The van der Waals surface area contributed by atoms with Crippen molar-refractivity contribution in [2.24, 2.45) is 0 Å². The van der Waals surface area contributed by atoms with Crippen molar-refractivity contribution in [3.63, 3.8) is 0 Å². The maximum atomic E-state index is 11.7. The van der Waals surface area contributed by atoms with Crippen molar-refractivity contribution in [3.8, 4) is 22.6 Å². The fourth-order valence-electron chi connectivity index (χ4n) is 9.34. The molecule has 0 N–H and O–H groups in total. The van der Waals surface area contributed by atoms with Crippen molar-refractivity contribution in [3.05, 3.63) is 118 Å². The van der Waals surface area contributed by atoms with Gasteiger partial charge in [-0.05, 0) is 139 Å². The number of hydrogen-bond acceptors (Lipinski definition) is 10. The molecule has 1 aliphatic heterocycles. The normalized spacial score (nSPS) is 22.7. The summed E-state index contributed by atoms with van der Waals surface area (Å²) in [4.78, 5) is 18.8. The summed E-state index contributed by atoms with van der Waals surface area (Å²) in [6.07, 6.45) is 6.48. The Morgan fingerprint density at radius 3 is 1.22 bits per heavy atom. The predicted molar refractivity (Wildman–Crippen MR) is 265 cm³/mol. The van der Waals surface area contributed by atoms with E-state index in [-0.39, 0.29) is 16.8 Å². The third-order valence-corrected chi connectivity index (χ3v) is 14.6. The van der Waals surface area contributed by atoms with E-state index in [1.807, 2.05) is 48.5 Å². The van der Waals surface area contributed by atoms with Crippen molar-refractivity contribution in [2.45, 2.75) is 135 Å². The summed E-state index contributed by atoms with van der Waals surface area (Å²) in [7, 11) is 16.5. The molecule has 3 aliphatic rings. The highest BCUT2D eigenvalue weighted by Gasteiger charge is 2.36. The number of carbonyl (C=O) groups excluding carboxylic acids is 1. The van der Waals surface area contributed by atoms with E-state index in [2.05, 4.69) is 128 Å². The van der Waals surface area contributed by atoms with Crippen LogP contribution in [0.4, 0.5) is 0 Å². The summed E-state index contributed by atoms with van der Waals surface area (Å²) in [6.45, 7) is 17.9. The maximum absolute atomic E-state index is 11.7. The molecule has 0 radical (unpaired) electrons. The maximum Gasteiger partial charge on any atom is 0.305 e. The van der Waals surface area contributed by atoms with Crippen LogP contribution in [-0.4, -0.2) is 121 Å². The van der Waals surface area contributed by atoms with E-state index in [0.717, 1.165) is 41.9 Å². The van der Waals surface area contributed by atoms with Crippen LogP contribution in [0.3, 0.4) is 0 Å². The quantitative estimate of drug-likeness (QED) is 0.144. The van der Waals surface area contributed by atoms with Gasteiger partial charge in [0.2, 0.25) is 0 Å². The van der Waals surface area contributed by atoms with Crippen molar-refractivity contribution in [2.75, 3.05) is 63.8 Å². The molecule has 65 heavy (non-hydrogen) atoms. The Bertz CT molecular complexity index is 1900. The van der Waals surface area contributed by atoms with Crippen molar-refractivity contribution in [1.82, 2.24) is 14.7 Å². The molecule has 0 aromatic heterocycles. The van der Waals surface area contributed by atoms with E-state index in [0.29, 0.717) is 49.7 Å². The zero-order valence-corrected chi connectivity index (χ0v) is 42.8. The van der Waals surface area contributed by atoms with E-state index in [1.165, 1.54) is 40.5 Å². The van der Waals surface area contributed by atoms with Gasteiger partial charge in [0.25, 0.3) is 0 Å². The van der Waals surface area contributed by atoms with Gasteiger partial charge in [-0.2, -0.15) is 0 Å². The zero-order valence-electron chi connectivity index (χ0n) is 42.8. The first-order chi connectivity index (χ1) is 30.8. The first kappa shape index (κ1) is 53.3. The number of benzene rings is 4. The standard InChI is InChI=1S/C20H24O4.C17H18.C9H21N3.C9H18O3/c1-20(14-13-19(21)24-4,15-5-9-17(22-2)10-6-15)16-7-11-18(23-3)12-8-16;1-11-5-7-13-14-8-6-12(2)10-16(14)17(3,4)15(13)9-11;1-7-10(4)8(2)12(6)9(3)11(7)5;1-10-7-4-8(11-2)6-9(5-7)12-3/h5-12H,13-14H2,1-4H3;5-10H,1-4H3;7-9H,1-6H3;7-9H,4-6H2,1-3H3. The van der Waals surface area contributed by atoms with Gasteiger partial charge in [0.05, 0.1) is 58.1 Å². The number of nitrogens with zero attached hydrogens (tertiary/aromatic N) is 3. The van der Waals surface area contributed by atoms with Crippen LogP contribution in [0, 0.1) is 13.8 Å². The number of carbonyl (C=O) groups is 1. The van der Waals surface area contributed by atoms with Crippen LogP contribution in [0.15, 0.2) is 84.9 Å². The molecule has 1 saturated heterocycles. The molecule has 4 aromatic carbocycles. The second kappa shape index (κ2) is 23.9. The molecular weight excluding hydrogens is 815 g/mol. The number of hydrogen-bond donors (Lipinski definition) is 0. The van der Waals surface area contributed by atoms with E-state index < -0.39 is 0 Å². The van der Waals surface area contributed by atoms with Gasteiger partial charge in [0.15, 0.2) is 0 Å². The van der Waals surface area contributed by atoms with E-state index in [9.17, 15) is 4.79 Å². The monoisotopic (exact) mass is 896 g/mol. The highest BCUT2D eigenvalue weighted by molar-refractivity contribution is 5.81. The molecule has 358 valence electrons. The van der Waals surface area contributed by atoms with Gasteiger partial charge in [-0.1, -0.05) is 92.6 Å². The first-order valence-electron chi connectivity index (χ1n) is 23.1. The second-order valence-electron chi connectivity index (χ2n) is 18.8. The summed E-state index contributed by atoms with van der Waals surface area (Å²) in [6, 6.07) is 29.6. The molecular formula is C55H81N3O7. The summed E-state index contributed by atoms with van der Waals surface area (Å²) >= 11 is 0. The van der Waals surface area contributed by atoms with Gasteiger partial charge in [0, 0.05) is 38.6 Å². The molecule has 10 heteroatoms. The van der Waals surface area contributed by atoms with Gasteiger partial charge >= 0.3 is 5.97 Å². The minimum atomic E-state index is -0.313. The number of fused-ring (bicyclic) bond motifs is 3. The van der Waals surface area contributed by atoms with E-state index >= 15 is 0 Å². The largest absolute Gasteiger partial charge is 0.497 e. The van der Waals surface area contributed by atoms with E-state index in [1.54, 1.807) is 35.5 Å².